The molecule has 0 aromatic carbocycles. The van der Waals surface area contributed by atoms with Crippen molar-refractivity contribution in [1.82, 2.24) is 0 Å². The van der Waals surface area contributed by atoms with Gasteiger partial charge < -0.3 is 47.4 Å². The van der Waals surface area contributed by atoms with Crippen LogP contribution in [0.3, 0.4) is 0 Å². The molecular formula is C58H80O20. The van der Waals surface area contributed by atoms with E-state index in [2.05, 4.69) is 0 Å². The SMILES string of the molecule is CCC(C)(C)C(=O)OC1C2CC3C(=O)OC1C3C2.CCC(C)(C)C(=O)OCC(=O)OC1C2CC3C(=O)OC1C3C2.CCC(C)C(=O)OC1C2CC3C(=O)OC1C3C2.CCC(C)C(=O)OCC(=O)OC1C2CC3C(=O)OC1C3C2. The Morgan fingerprint density at radius 3 is 1.09 bits per heavy atom. The molecule has 12 aliphatic rings. The van der Waals surface area contributed by atoms with Crippen LogP contribution in [-0.4, -0.2) is 122 Å². The first-order valence-electron chi connectivity index (χ1n) is 28.9. The van der Waals surface area contributed by atoms with E-state index in [4.69, 9.17) is 47.4 Å². The molecular weight excluding hydrogens is 1020 g/mol. The molecule has 12 rings (SSSR count). The Balaban J connectivity index is 0.000000127. The normalized spacial score (nSPS) is 39.0. The third-order valence-electron chi connectivity index (χ3n) is 20.2. The summed E-state index contributed by atoms with van der Waals surface area (Å²) < 4.78 is 53.4. The fourth-order valence-electron chi connectivity index (χ4n) is 14.4. The first kappa shape index (κ1) is 57.4. The zero-order chi connectivity index (χ0) is 56.4. The number of fused-ring (bicyclic) bond motifs is 4. The van der Waals surface area contributed by atoms with Crippen LogP contribution in [-0.2, 0) is 95.3 Å². The van der Waals surface area contributed by atoms with E-state index >= 15 is 0 Å². The van der Waals surface area contributed by atoms with Crippen LogP contribution in [0.5, 0.6) is 0 Å². The number of rotatable bonds is 16. The molecule has 0 N–H and O–H groups in total. The Labute approximate surface area is 455 Å². The first-order valence-corrected chi connectivity index (χ1v) is 28.9. The molecule has 8 aliphatic carbocycles. The van der Waals surface area contributed by atoms with Crippen LogP contribution >= 0.6 is 0 Å². The molecule has 0 aromatic rings. The van der Waals surface area contributed by atoms with Crippen molar-refractivity contribution in [3.63, 3.8) is 0 Å². The third kappa shape index (κ3) is 10.8. The van der Waals surface area contributed by atoms with E-state index in [-0.39, 0.29) is 157 Å². The highest BCUT2D eigenvalue weighted by molar-refractivity contribution is 5.82. The van der Waals surface area contributed by atoms with Gasteiger partial charge in [-0.3, -0.25) is 38.4 Å². The minimum atomic E-state index is -0.610. The van der Waals surface area contributed by atoms with E-state index in [1.165, 1.54) is 0 Å². The van der Waals surface area contributed by atoms with Crippen LogP contribution in [0.15, 0.2) is 0 Å². The van der Waals surface area contributed by atoms with E-state index in [1.54, 1.807) is 20.8 Å². The van der Waals surface area contributed by atoms with E-state index in [0.29, 0.717) is 36.5 Å². The molecule has 22 unspecified atom stereocenters. The molecule has 8 saturated carbocycles. The summed E-state index contributed by atoms with van der Waals surface area (Å²) in [7, 11) is 0. The van der Waals surface area contributed by atoms with E-state index < -0.39 is 34.7 Å². The molecule has 4 heterocycles. The van der Waals surface area contributed by atoms with Crippen molar-refractivity contribution in [1.29, 1.82) is 0 Å². The fraction of sp³-hybridized carbons (Fsp3) is 0.828. The molecule has 0 spiro atoms. The highest BCUT2D eigenvalue weighted by Gasteiger charge is 2.66. The Morgan fingerprint density at radius 1 is 0.436 bits per heavy atom. The molecule has 0 radical (unpaired) electrons. The molecule has 0 amide bonds. The molecule has 20 nitrogen and oxygen atoms in total. The van der Waals surface area contributed by atoms with Crippen molar-refractivity contribution in [3.05, 3.63) is 0 Å². The van der Waals surface area contributed by atoms with Gasteiger partial charge in [0.25, 0.3) is 0 Å². The highest BCUT2D eigenvalue weighted by Crippen LogP contribution is 2.58. The molecule has 78 heavy (non-hydrogen) atoms. The van der Waals surface area contributed by atoms with Gasteiger partial charge in [0.2, 0.25) is 0 Å². The number of carbonyl (C=O) groups excluding carboxylic acids is 10. The van der Waals surface area contributed by atoms with Gasteiger partial charge in [0.15, 0.2) is 13.2 Å². The number of hydrogen-bond acceptors (Lipinski definition) is 20. The number of esters is 10. The minimum Gasteiger partial charge on any atom is -0.458 e. The maximum Gasteiger partial charge on any atom is 0.344 e. The molecule has 432 valence electrons. The van der Waals surface area contributed by atoms with Crippen LogP contribution < -0.4 is 0 Å². The smallest absolute Gasteiger partial charge is 0.344 e. The molecule has 4 saturated heterocycles. The van der Waals surface area contributed by atoms with Crippen LogP contribution in [0, 0.1) is 93.7 Å². The largest absolute Gasteiger partial charge is 0.458 e. The fourth-order valence-corrected chi connectivity index (χ4v) is 14.4. The van der Waals surface area contributed by atoms with Crippen LogP contribution in [0.4, 0.5) is 0 Å². The quantitative estimate of drug-likeness (QED) is 0.127. The van der Waals surface area contributed by atoms with Crippen molar-refractivity contribution in [2.24, 2.45) is 93.7 Å². The van der Waals surface area contributed by atoms with Gasteiger partial charge in [0, 0.05) is 47.3 Å². The topological polar surface area (TPSA) is 263 Å². The van der Waals surface area contributed by atoms with Crippen molar-refractivity contribution in [2.45, 2.75) is 195 Å². The highest BCUT2D eigenvalue weighted by atomic mass is 16.6. The lowest BCUT2D eigenvalue weighted by atomic mass is 9.87. The lowest BCUT2D eigenvalue weighted by Gasteiger charge is -2.29. The maximum atomic E-state index is 12.1. The Morgan fingerprint density at radius 2 is 0.744 bits per heavy atom. The van der Waals surface area contributed by atoms with Gasteiger partial charge in [0.05, 0.1) is 46.3 Å². The van der Waals surface area contributed by atoms with Crippen molar-refractivity contribution in [2.75, 3.05) is 13.2 Å². The van der Waals surface area contributed by atoms with Crippen molar-refractivity contribution < 1.29 is 95.3 Å². The van der Waals surface area contributed by atoms with Gasteiger partial charge in [-0.15, -0.1) is 0 Å². The van der Waals surface area contributed by atoms with E-state index in [9.17, 15) is 47.9 Å². The maximum absolute atomic E-state index is 12.1. The molecule has 22 atom stereocenters. The molecule has 20 heteroatoms. The van der Waals surface area contributed by atoms with Crippen LogP contribution in [0.2, 0.25) is 0 Å². The standard InChI is InChI=1S/C16H22O6.C15H20O6.C14H20O4.C13H18O4/c1-4-16(2,3)15(19)20-7-11(17)21-12-8-5-9-10(6-8)14(18)22-13(9)12;1-3-7(2)14(17)19-6-11(16)20-12-8-4-9-10(5-8)15(18)21-13(9)12;1-4-14(2,3)13(16)18-10-7-5-8-9(6-7)12(15)17-11(8)10;1-3-6(2)12(14)16-10-7-4-8-9(5-7)13(15)17-11(8)10/h8-10,12-13H,4-7H2,1-3H3;7-10,12-13H,3-6H2,1-2H3;7-11H,4-6H2,1-3H3;6-11H,3-5H2,1-2H3. The number of ether oxygens (including phenoxy) is 10. The minimum absolute atomic E-state index is 0.00168. The monoisotopic (exact) mass is 1100 g/mol. The van der Waals surface area contributed by atoms with Crippen molar-refractivity contribution >= 4 is 59.7 Å². The second-order valence-electron chi connectivity index (χ2n) is 25.6. The zero-order valence-electron chi connectivity index (χ0n) is 46.8. The van der Waals surface area contributed by atoms with E-state index in [0.717, 1.165) is 64.2 Å². The number of hydrogen-bond donors (Lipinski definition) is 0. The summed E-state index contributed by atoms with van der Waals surface area (Å²) in [6.07, 6.45) is 7.67. The predicted octanol–water partition coefficient (Wildman–Crippen LogP) is 5.97. The summed E-state index contributed by atoms with van der Waals surface area (Å²) in [5.41, 5.74) is -1.06. The zero-order valence-corrected chi connectivity index (χ0v) is 46.8. The summed E-state index contributed by atoms with van der Waals surface area (Å²) in [6, 6.07) is 0. The summed E-state index contributed by atoms with van der Waals surface area (Å²) in [4.78, 5) is 117. The Bertz CT molecular complexity index is 2390. The molecule has 4 aliphatic heterocycles. The van der Waals surface area contributed by atoms with Gasteiger partial charge in [-0.25, -0.2) is 9.59 Å². The van der Waals surface area contributed by atoms with E-state index in [1.807, 2.05) is 48.5 Å². The van der Waals surface area contributed by atoms with Crippen LogP contribution in [0.1, 0.15) is 146 Å². The lowest BCUT2D eigenvalue weighted by Crippen LogP contribution is -2.39. The molecule has 12 fully saturated rings. The van der Waals surface area contributed by atoms with Gasteiger partial charge in [0.1, 0.15) is 48.8 Å². The summed E-state index contributed by atoms with van der Waals surface area (Å²) in [6.45, 7) is 17.9. The average Bonchev–Trinajstić information content (AvgIpc) is 4.48. The summed E-state index contributed by atoms with van der Waals surface area (Å²) in [5.74, 6) is -0.817. The lowest BCUT2D eigenvalue weighted by molar-refractivity contribution is -0.172. The van der Waals surface area contributed by atoms with Crippen LogP contribution in [0.25, 0.3) is 0 Å². The molecule has 0 aromatic heterocycles. The molecule has 8 bridgehead atoms. The van der Waals surface area contributed by atoms with Gasteiger partial charge in [-0.1, -0.05) is 41.5 Å². The Kier molecular flexibility index (Phi) is 16.4. The predicted molar refractivity (Wildman–Crippen MR) is 267 cm³/mol. The van der Waals surface area contributed by atoms with Gasteiger partial charge in [-0.2, -0.15) is 0 Å². The van der Waals surface area contributed by atoms with Gasteiger partial charge in [-0.05, 0) is 105 Å². The summed E-state index contributed by atoms with van der Waals surface area (Å²) in [5, 5.41) is 0. The summed E-state index contributed by atoms with van der Waals surface area (Å²) >= 11 is 0. The Hall–Kier alpha value is -5.30. The second-order valence-corrected chi connectivity index (χ2v) is 25.6. The second kappa shape index (κ2) is 22.3. The third-order valence-corrected chi connectivity index (χ3v) is 20.2. The van der Waals surface area contributed by atoms with Gasteiger partial charge >= 0.3 is 59.7 Å². The van der Waals surface area contributed by atoms with Crippen molar-refractivity contribution in [3.8, 4) is 0 Å². The first-order chi connectivity index (χ1) is 36.9. The average molecular weight is 1100 g/mol. The number of carbonyl (C=O) groups is 10.